The molecule has 1 aliphatic carbocycles. The second-order valence-electron chi connectivity index (χ2n) is 5.88. The van der Waals surface area contributed by atoms with Crippen LogP contribution in [-0.2, 0) is 10.0 Å². The van der Waals surface area contributed by atoms with Crippen LogP contribution in [0.25, 0.3) is 0 Å². The van der Waals surface area contributed by atoms with E-state index in [4.69, 9.17) is 5.73 Å². The minimum absolute atomic E-state index is 0.323. The lowest BCUT2D eigenvalue weighted by atomic mass is 9.76. The number of hydrogen-bond acceptors (Lipinski definition) is 5. The number of hydrogen-bond donors (Lipinski definition) is 1. The smallest absolute Gasteiger partial charge is 0.254 e. The fourth-order valence-electron chi connectivity index (χ4n) is 3.54. The van der Waals surface area contributed by atoms with E-state index in [1.54, 1.807) is 11.2 Å². The van der Waals surface area contributed by atoms with E-state index in [2.05, 4.69) is 4.98 Å². The quantitative estimate of drug-likeness (QED) is 0.908. The number of nitrogen functional groups attached to an aromatic ring is 1. The van der Waals surface area contributed by atoms with Crippen molar-refractivity contribution < 1.29 is 8.42 Å². The summed E-state index contributed by atoms with van der Waals surface area (Å²) in [6, 6.07) is 0. The topological polar surface area (TPSA) is 76.3 Å². The molecule has 2 aliphatic rings. The minimum Gasteiger partial charge on any atom is -0.375 e. The fourth-order valence-corrected chi connectivity index (χ4v) is 6.49. The van der Waals surface area contributed by atoms with E-state index in [0.717, 1.165) is 23.7 Å². The highest BCUT2D eigenvalue weighted by atomic mass is 32.2. The average Bonchev–Trinajstić information content (AvgIpc) is 2.78. The molecule has 1 aliphatic heterocycles. The van der Waals surface area contributed by atoms with Crippen LogP contribution in [0.4, 0.5) is 5.13 Å². The number of fused-ring (bicyclic) bond motifs is 1. The lowest BCUT2D eigenvalue weighted by Gasteiger charge is -2.40. The van der Waals surface area contributed by atoms with Gasteiger partial charge in [-0.15, -0.1) is 0 Å². The van der Waals surface area contributed by atoms with Gasteiger partial charge in [0.05, 0.1) is 5.69 Å². The number of nitrogens with two attached hydrogens (primary N) is 1. The SMILES string of the molecule is Cc1nc(N)sc1S(=O)(=O)N1CCC2CCCCC2C1. The maximum atomic E-state index is 12.7. The lowest BCUT2D eigenvalue weighted by Crippen LogP contribution is -2.44. The van der Waals surface area contributed by atoms with Crippen molar-refractivity contribution >= 4 is 26.5 Å². The molecular formula is C13H21N3O2S2. The molecule has 2 unspecified atom stereocenters. The molecule has 2 fully saturated rings. The van der Waals surface area contributed by atoms with Crippen LogP contribution in [0.2, 0.25) is 0 Å². The predicted octanol–water partition coefficient (Wildman–Crippen LogP) is 2.23. The zero-order valence-electron chi connectivity index (χ0n) is 11.7. The Labute approximate surface area is 124 Å². The second kappa shape index (κ2) is 5.27. The molecule has 1 saturated heterocycles. The molecule has 112 valence electrons. The van der Waals surface area contributed by atoms with Crippen LogP contribution in [0.15, 0.2) is 4.21 Å². The maximum absolute atomic E-state index is 12.7. The van der Waals surface area contributed by atoms with Crippen LogP contribution >= 0.6 is 11.3 Å². The molecular weight excluding hydrogens is 294 g/mol. The van der Waals surface area contributed by atoms with E-state index in [0.29, 0.717) is 34.0 Å². The molecule has 0 amide bonds. The highest BCUT2D eigenvalue weighted by molar-refractivity contribution is 7.91. The van der Waals surface area contributed by atoms with Crippen LogP contribution < -0.4 is 5.73 Å². The Bertz CT molecular complexity index is 597. The molecule has 1 aromatic heterocycles. The Morgan fingerprint density at radius 2 is 1.95 bits per heavy atom. The third-order valence-electron chi connectivity index (χ3n) is 4.60. The van der Waals surface area contributed by atoms with Gasteiger partial charge in [0.1, 0.15) is 0 Å². The Kier molecular flexibility index (Phi) is 3.77. The Morgan fingerprint density at radius 3 is 2.60 bits per heavy atom. The minimum atomic E-state index is -3.41. The first-order valence-electron chi connectivity index (χ1n) is 7.21. The average molecular weight is 315 g/mol. The van der Waals surface area contributed by atoms with Crippen molar-refractivity contribution in [1.29, 1.82) is 0 Å². The summed E-state index contributed by atoms with van der Waals surface area (Å²) >= 11 is 1.08. The molecule has 0 aromatic carbocycles. The first kappa shape index (κ1) is 14.3. The van der Waals surface area contributed by atoms with Crippen LogP contribution in [0.1, 0.15) is 37.8 Å². The summed E-state index contributed by atoms with van der Waals surface area (Å²) in [5, 5.41) is 0.327. The van der Waals surface area contributed by atoms with Crippen molar-refractivity contribution in [3.8, 4) is 0 Å². The first-order chi connectivity index (χ1) is 9.48. The van der Waals surface area contributed by atoms with Crippen LogP contribution in [0, 0.1) is 18.8 Å². The summed E-state index contributed by atoms with van der Waals surface area (Å²) in [5.74, 6) is 1.26. The van der Waals surface area contributed by atoms with Gasteiger partial charge in [0.2, 0.25) is 0 Å². The van der Waals surface area contributed by atoms with Gasteiger partial charge in [-0.05, 0) is 31.6 Å². The number of piperidine rings is 1. The standard InChI is InChI=1S/C13H21N3O2S2/c1-9-12(19-13(14)15-9)20(17,18)16-7-6-10-4-2-3-5-11(10)8-16/h10-11H,2-8H2,1H3,(H2,14,15). The van der Waals surface area contributed by atoms with Crippen molar-refractivity contribution in [3.05, 3.63) is 5.69 Å². The van der Waals surface area contributed by atoms with Gasteiger partial charge in [0, 0.05) is 13.1 Å². The van der Waals surface area contributed by atoms with Crippen LogP contribution in [0.5, 0.6) is 0 Å². The van der Waals surface area contributed by atoms with Gasteiger partial charge >= 0.3 is 0 Å². The molecule has 1 saturated carbocycles. The third kappa shape index (κ3) is 2.46. The number of thiazole rings is 1. The van der Waals surface area contributed by atoms with Gasteiger partial charge in [-0.2, -0.15) is 4.31 Å². The summed E-state index contributed by atoms with van der Waals surface area (Å²) < 4.78 is 27.4. The van der Waals surface area contributed by atoms with Gasteiger partial charge in [0.15, 0.2) is 9.34 Å². The van der Waals surface area contributed by atoms with E-state index in [-0.39, 0.29) is 0 Å². The van der Waals surface area contributed by atoms with Crippen molar-refractivity contribution in [2.45, 2.75) is 43.2 Å². The molecule has 1 aromatic rings. The fraction of sp³-hybridized carbons (Fsp3) is 0.769. The van der Waals surface area contributed by atoms with Crippen molar-refractivity contribution in [2.75, 3.05) is 18.8 Å². The van der Waals surface area contributed by atoms with Gasteiger partial charge in [-0.25, -0.2) is 13.4 Å². The highest BCUT2D eigenvalue weighted by Crippen LogP contribution is 2.38. The van der Waals surface area contributed by atoms with Crippen LogP contribution in [-0.4, -0.2) is 30.8 Å². The molecule has 0 spiro atoms. The molecule has 2 heterocycles. The van der Waals surface area contributed by atoms with Crippen LogP contribution in [0.3, 0.4) is 0 Å². The molecule has 2 atom stereocenters. The zero-order valence-corrected chi connectivity index (χ0v) is 13.3. The molecule has 0 radical (unpaired) electrons. The molecule has 0 bridgehead atoms. The van der Waals surface area contributed by atoms with Crippen molar-refractivity contribution in [1.82, 2.24) is 9.29 Å². The predicted molar refractivity (Wildman–Crippen MR) is 80.1 cm³/mol. The van der Waals surface area contributed by atoms with Gasteiger partial charge in [0.25, 0.3) is 10.0 Å². The molecule has 5 nitrogen and oxygen atoms in total. The number of anilines is 1. The number of aryl methyl sites for hydroxylation is 1. The Morgan fingerprint density at radius 1 is 1.25 bits per heavy atom. The molecule has 20 heavy (non-hydrogen) atoms. The molecule has 2 N–H and O–H groups in total. The number of sulfonamides is 1. The third-order valence-corrected chi connectivity index (χ3v) is 8.04. The monoisotopic (exact) mass is 315 g/mol. The summed E-state index contributed by atoms with van der Waals surface area (Å²) in [6.07, 6.45) is 5.98. The largest absolute Gasteiger partial charge is 0.375 e. The van der Waals surface area contributed by atoms with Crippen molar-refractivity contribution in [2.24, 2.45) is 11.8 Å². The summed E-state index contributed by atoms with van der Waals surface area (Å²) in [6.45, 7) is 3.03. The van der Waals surface area contributed by atoms with E-state index in [1.807, 2.05) is 0 Å². The number of aromatic nitrogens is 1. The van der Waals surface area contributed by atoms with Crippen molar-refractivity contribution in [3.63, 3.8) is 0 Å². The molecule has 3 rings (SSSR count). The highest BCUT2D eigenvalue weighted by Gasteiger charge is 2.37. The zero-order chi connectivity index (χ0) is 14.3. The van der Waals surface area contributed by atoms with Gasteiger partial charge in [-0.1, -0.05) is 30.6 Å². The van der Waals surface area contributed by atoms with Gasteiger partial charge < -0.3 is 5.73 Å². The Balaban J connectivity index is 1.83. The Hall–Kier alpha value is -0.660. The normalized spacial score (nSPS) is 28.2. The maximum Gasteiger partial charge on any atom is 0.254 e. The number of rotatable bonds is 2. The van der Waals surface area contributed by atoms with E-state index < -0.39 is 10.0 Å². The lowest BCUT2D eigenvalue weighted by molar-refractivity contribution is 0.136. The van der Waals surface area contributed by atoms with Gasteiger partial charge in [-0.3, -0.25) is 0 Å². The van der Waals surface area contributed by atoms with E-state index >= 15 is 0 Å². The summed E-state index contributed by atoms with van der Waals surface area (Å²) in [4.78, 5) is 4.04. The number of nitrogens with zero attached hydrogens (tertiary/aromatic N) is 2. The summed E-state index contributed by atoms with van der Waals surface area (Å²) in [7, 11) is -3.41. The first-order valence-corrected chi connectivity index (χ1v) is 9.47. The van der Waals surface area contributed by atoms with E-state index in [1.165, 1.54) is 25.7 Å². The summed E-state index contributed by atoms with van der Waals surface area (Å²) in [5.41, 5.74) is 6.16. The molecule has 7 heteroatoms. The second-order valence-corrected chi connectivity index (χ2v) is 9.05. The van der Waals surface area contributed by atoms with E-state index in [9.17, 15) is 8.42 Å².